The van der Waals surface area contributed by atoms with Gasteiger partial charge in [-0.15, -0.1) is 0 Å². The zero-order valence-electron chi connectivity index (χ0n) is 10.2. The van der Waals surface area contributed by atoms with Gasteiger partial charge in [0.25, 0.3) is 0 Å². The van der Waals surface area contributed by atoms with E-state index >= 15 is 0 Å². The number of aliphatic hydroxyl groups is 1. The van der Waals surface area contributed by atoms with Gasteiger partial charge in [0, 0.05) is 0 Å². The molecule has 0 aliphatic heterocycles. The molecule has 1 aromatic carbocycles. The molecule has 0 amide bonds. The van der Waals surface area contributed by atoms with Gasteiger partial charge < -0.3 is 10.2 Å². The lowest BCUT2D eigenvalue weighted by atomic mass is 9.68. The summed E-state index contributed by atoms with van der Waals surface area (Å²) >= 11 is 0. The van der Waals surface area contributed by atoms with Crippen molar-refractivity contribution in [2.24, 2.45) is 11.3 Å². The van der Waals surface area contributed by atoms with E-state index < -0.39 is 17.0 Å². The Morgan fingerprint density at radius 2 is 1.76 bits per heavy atom. The Labute approximate surface area is 101 Å². The van der Waals surface area contributed by atoms with Crippen molar-refractivity contribution in [1.82, 2.24) is 0 Å². The Morgan fingerprint density at radius 3 is 2.18 bits per heavy atom. The van der Waals surface area contributed by atoms with Crippen LogP contribution >= 0.6 is 0 Å². The van der Waals surface area contributed by atoms with Gasteiger partial charge in [-0.05, 0) is 38.2 Å². The quantitative estimate of drug-likeness (QED) is 0.841. The van der Waals surface area contributed by atoms with Gasteiger partial charge in [0.2, 0.25) is 0 Å². The number of aliphatic carboxylic acids is 1. The second kappa shape index (κ2) is 3.84. The zero-order chi connectivity index (χ0) is 12.7. The monoisotopic (exact) mass is 234 g/mol. The molecular formula is C14H18O3. The minimum absolute atomic E-state index is 0.0519. The van der Waals surface area contributed by atoms with Crippen LogP contribution in [0.1, 0.15) is 32.3 Å². The van der Waals surface area contributed by atoms with E-state index in [0.29, 0.717) is 5.56 Å². The second-order valence-electron chi connectivity index (χ2n) is 5.34. The largest absolute Gasteiger partial charge is 0.481 e. The first-order chi connectivity index (χ1) is 7.90. The molecule has 1 unspecified atom stereocenters. The highest BCUT2D eigenvalue weighted by Gasteiger charge is 2.58. The maximum atomic E-state index is 11.4. The summed E-state index contributed by atoms with van der Waals surface area (Å²) in [6, 6.07) is 9.15. The van der Waals surface area contributed by atoms with Crippen molar-refractivity contribution in [3.05, 3.63) is 35.9 Å². The molecule has 3 nitrogen and oxygen atoms in total. The molecule has 2 rings (SSSR count). The van der Waals surface area contributed by atoms with Crippen LogP contribution in [0.25, 0.3) is 0 Å². The SMILES string of the molecule is CC(C)(C(=O)O)C(O)(c1ccccc1)C1CC1. The molecule has 1 atom stereocenters. The van der Waals surface area contributed by atoms with Gasteiger partial charge in [0.05, 0.1) is 5.41 Å². The first-order valence-corrected chi connectivity index (χ1v) is 5.92. The van der Waals surface area contributed by atoms with Gasteiger partial charge in [-0.2, -0.15) is 0 Å². The molecule has 1 aliphatic carbocycles. The Bertz CT molecular complexity index is 420. The molecule has 1 aromatic rings. The third kappa shape index (κ3) is 1.75. The number of carboxylic acid groups (broad SMARTS) is 1. The van der Waals surface area contributed by atoms with E-state index in [1.54, 1.807) is 13.8 Å². The molecule has 0 spiro atoms. The maximum absolute atomic E-state index is 11.4. The number of hydrogen-bond acceptors (Lipinski definition) is 2. The summed E-state index contributed by atoms with van der Waals surface area (Å²) in [5, 5.41) is 20.3. The van der Waals surface area contributed by atoms with Crippen LogP contribution in [0.3, 0.4) is 0 Å². The lowest BCUT2D eigenvalue weighted by Gasteiger charge is -2.40. The van der Waals surface area contributed by atoms with Crippen LogP contribution in [0.15, 0.2) is 30.3 Å². The average molecular weight is 234 g/mol. The van der Waals surface area contributed by atoms with E-state index in [1.807, 2.05) is 30.3 Å². The van der Waals surface area contributed by atoms with Gasteiger partial charge in [-0.3, -0.25) is 4.79 Å². The lowest BCUT2D eigenvalue weighted by molar-refractivity contribution is -0.170. The predicted octanol–water partition coefficient (Wildman–Crippen LogP) is 2.40. The van der Waals surface area contributed by atoms with E-state index in [4.69, 9.17) is 0 Å². The summed E-state index contributed by atoms with van der Waals surface area (Å²) in [5.74, 6) is -0.910. The van der Waals surface area contributed by atoms with Crippen LogP contribution in [-0.4, -0.2) is 16.2 Å². The van der Waals surface area contributed by atoms with Gasteiger partial charge in [-0.25, -0.2) is 0 Å². The summed E-state index contributed by atoms with van der Waals surface area (Å²) in [4.78, 5) is 11.4. The third-order valence-corrected chi connectivity index (χ3v) is 3.87. The molecule has 2 N–H and O–H groups in total. The van der Waals surface area contributed by atoms with Crippen LogP contribution in [-0.2, 0) is 10.4 Å². The number of benzene rings is 1. The molecule has 17 heavy (non-hydrogen) atoms. The standard InChI is InChI=1S/C14H18O3/c1-13(2,12(15)16)14(17,11-8-9-11)10-6-4-3-5-7-10/h3-7,11,17H,8-9H2,1-2H3,(H,15,16). The average Bonchev–Trinajstić information content (AvgIpc) is 3.12. The number of carboxylic acids is 1. The van der Waals surface area contributed by atoms with E-state index in [1.165, 1.54) is 0 Å². The van der Waals surface area contributed by atoms with Gasteiger partial charge in [0.1, 0.15) is 5.60 Å². The summed E-state index contributed by atoms with van der Waals surface area (Å²) < 4.78 is 0. The van der Waals surface area contributed by atoms with Crippen LogP contribution in [0, 0.1) is 11.3 Å². The van der Waals surface area contributed by atoms with Crippen molar-refractivity contribution in [3.63, 3.8) is 0 Å². The van der Waals surface area contributed by atoms with Crippen molar-refractivity contribution < 1.29 is 15.0 Å². The van der Waals surface area contributed by atoms with Crippen molar-refractivity contribution >= 4 is 5.97 Å². The fourth-order valence-electron chi connectivity index (χ4n) is 2.46. The van der Waals surface area contributed by atoms with Crippen LogP contribution in [0.5, 0.6) is 0 Å². The fraction of sp³-hybridized carbons (Fsp3) is 0.500. The van der Waals surface area contributed by atoms with E-state index in [-0.39, 0.29) is 5.92 Å². The van der Waals surface area contributed by atoms with Crippen LogP contribution < -0.4 is 0 Å². The molecule has 92 valence electrons. The summed E-state index contributed by atoms with van der Waals surface area (Å²) in [6.45, 7) is 3.20. The highest BCUT2D eigenvalue weighted by Crippen LogP contribution is 2.54. The number of carbonyl (C=O) groups is 1. The summed E-state index contributed by atoms with van der Waals surface area (Å²) in [6.07, 6.45) is 1.78. The number of hydrogen-bond donors (Lipinski definition) is 2. The maximum Gasteiger partial charge on any atom is 0.312 e. The highest BCUT2D eigenvalue weighted by molar-refractivity contribution is 5.76. The van der Waals surface area contributed by atoms with E-state index in [9.17, 15) is 15.0 Å². The smallest absolute Gasteiger partial charge is 0.312 e. The Balaban J connectivity index is 2.51. The summed E-state index contributed by atoms with van der Waals surface area (Å²) in [5.41, 5.74) is -1.76. The van der Waals surface area contributed by atoms with Crippen molar-refractivity contribution in [2.45, 2.75) is 32.3 Å². The van der Waals surface area contributed by atoms with Crippen molar-refractivity contribution in [3.8, 4) is 0 Å². The first kappa shape index (κ1) is 12.1. The molecular weight excluding hydrogens is 216 g/mol. The topological polar surface area (TPSA) is 57.5 Å². The molecule has 3 heteroatoms. The minimum Gasteiger partial charge on any atom is -0.481 e. The van der Waals surface area contributed by atoms with Gasteiger partial charge in [0.15, 0.2) is 0 Å². The van der Waals surface area contributed by atoms with Crippen LogP contribution in [0.2, 0.25) is 0 Å². The molecule has 0 aromatic heterocycles. The van der Waals surface area contributed by atoms with Gasteiger partial charge >= 0.3 is 5.97 Å². The van der Waals surface area contributed by atoms with Crippen LogP contribution in [0.4, 0.5) is 0 Å². The number of rotatable bonds is 4. The fourth-order valence-corrected chi connectivity index (χ4v) is 2.46. The Kier molecular flexibility index (Phi) is 2.74. The molecule has 1 aliphatic rings. The highest BCUT2D eigenvalue weighted by atomic mass is 16.4. The molecule has 1 saturated carbocycles. The zero-order valence-corrected chi connectivity index (χ0v) is 10.2. The van der Waals surface area contributed by atoms with Crippen molar-refractivity contribution in [1.29, 1.82) is 0 Å². The Morgan fingerprint density at radius 1 is 1.24 bits per heavy atom. The molecule has 0 heterocycles. The van der Waals surface area contributed by atoms with Gasteiger partial charge in [-0.1, -0.05) is 30.3 Å². The Hall–Kier alpha value is -1.35. The third-order valence-electron chi connectivity index (χ3n) is 3.87. The van der Waals surface area contributed by atoms with E-state index in [0.717, 1.165) is 12.8 Å². The second-order valence-corrected chi connectivity index (χ2v) is 5.34. The molecule has 0 radical (unpaired) electrons. The lowest BCUT2D eigenvalue weighted by Crippen LogP contribution is -2.48. The minimum atomic E-state index is -1.28. The van der Waals surface area contributed by atoms with E-state index in [2.05, 4.69) is 0 Å². The predicted molar refractivity (Wildman–Crippen MR) is 64.5 cm³/mol. The first-order valence-electron chi connectivity index (χ1n) is 5.92. The molecule has 1 fully saturated rings. The van der Waals surface area contributed by atoms with Crippen molar-refractivity contribution in [2.75, 3.05) is 0 Å². The molecule has 0 bridgehead atoms. The summed E-state index contributed by atoms with van der Waals surface area (Å²) in [7, 11) is 0. The normalized spacial score (nSPS) is 19.7. The molecule has 0 saturated heterocycles.